The summed E-state index contributed by atoms with van der Waals surface area (Å²) >= 11 is 0. The first-order valence-corrected chi connectivity index (χ1v) is 6.00. The first-order chi connectivity index (χ1) is 9.26. The number of esters is 1. The van der Waals surface area contributed by atoms with Crippen LogP contribution >= 0.6 is 0 Å². The monoisotopic (exact) mass is 254 g/mol. The molecule has 0 fully saturated rings. The molecule has 0 N–H and O–H groups in total. The van der Waals surface area contributed by atoms with Crippen LogP contribution in [0.5, 0.6) is 0 Å². The summed E-state index contributed by atoms with van der Waals surface area (Å²) in [4.78, 5) is 11.8. The molecule has 0 amide bonds. The third kappa shape index (κ3) is 2.83. The van der Waals surface area contributed by atoms with E-state index >= 15 is 0 Å². The predicted octanol–water partition coefficient (Wildman–Crippen LogP) is 2.36. The summed E-state index contributed by atoms with van der Waals surface area (Å²) < 4.78 is 6.48. The van der Waals surface area contributed by atoms with Crippen molar-refractivity contribution in [2.24, 2.45) is 0 Å². The number of carbonyl (C=O) groups excluding carboxylic acids is 1. The molecule has 0 saturated carbocycles. The van der Waals surface area contributed by atoms with E-state index in [-0.39, 0.29) is 6.54 Å². The first kappa shape index (κ1) is 12.9. The second-order valence-corrected chi connectivity index (χ2v) is 3.86. The van der Waals surface area contributed by atoms with Crippen LogP contribution in [0.2, 0.25) is 0 Å². The topological polar surface area (TPSA) is 44.1 Å². The van der Waals surface area contributed by atoms with Gasteiger partial charge >= 0.3 is 5.97 Å². The average molecular weight is 254 g/mol. The van der Waals surface area contributed by atoms with Gasteiger partial charge in [-0.1, -0.05) is 36.3 Å². The minimum Gasteiger partial charge on any atom is -0.461 e. The Morgan fingerprint density at radius 3 is 2.79 bits per heavy atom. The SMILES string of the molecule is C#CCn1nc(-c2ccccc2)cc1C(=O)OCC. The lowest BCUT2D eigenvalue weighted by Crippen LogP contribution is -2.12. The van der Waals surface area contributed by atoms with Crippen LogP contribution in [0.3, 0.4) is 0 Å². The van der Waals surface area contributed by atoms with E-state index in [1.165, 1.54) is 4.68 Å². The number of rotatable bonds is 4. The second kappa shape index (κ2) is 5.87. The molecule has 0 aliphatic carbocycles. The lowest BCUT2D eigenvalue weighted by Gasteiger charge is -2.02. The molecule has 1 aromatic carbocycles. The van der Waals surface area contributed by atoms with Gasteiger partial charge in [-0.2, -0.15) is 5.10 Å². The molecule has 0 bridgehead atoms. The highest BCUT2D eigenvalue weighted by Crippen LogP contribution is 2.19. The summed E-state index contributed by atoms with van der Waals surface area (Å²) in [6.07, 6.45) is 5.29. The summed E-state index contributed by atoms with van der Waals surface area (Å²) in [5.41, 5.74) is 2.02. The number of nitrogens with zero attached hydrogens (tertiary/aromatic N) is 2. The van der Waals surface area contributed by atoms with Crippen LogP contribution in [-0.4, -0.2) is 22.4 Å². The zero-order valence-electron chi connectivity index (χ0n) is 10.7. The van der Waals surface area contributed by atoms with E-state index in [1.54, 1.807) is 13.0 Å². The molecule has 0 spiro atoms. The molecule has 0 atom stereocenters. The Balaban J connectivity index is 2.41. The molecule has 0 saturated heterocycles. The van der Waals surface area contributed by atoms with Crippen molar-refractivity contribution in [2.75, 3.05) is 6.61 Å². The van der Waals surface area contributed by atoms with Gasteiger partial charge in [0.15, 0.2) is 0 Å². The van der Waals surface area contributed by atoms with E-state index in [0.717, 1.165) is 5.56 Å². The molecule has 0 aliphatic heterocycles. The predicted molar refractivity (Wildman–Crippen MR) is 72.5 cm³/mol. The summed E-state index contributed by atoms with van der Waals surface area (Å²) in [7, 11) is 0. The minimum absolute atomic E-state index is 0.237. The van der Waals surface area contributed by atoms with Gasteiger partial charge in [0, 0.05) is 5.56 Å². The van der Waals surface area contributed by atoms with Crippen LogP contribution in [0.1, 0.15) is 17.4 Å². The lowest BCUT2D eigenvalue weighted by atomic mass is 10.1. The number of benzene rings is 1. The van der Waals surface area contributed by atoms with Gasteiger partial charge in [0.2, 0.25) is 0 Å². The van der Waals surface area contributed by atoms with Gasteiger partial charge in [-0.05, 0) is 13.0 Å². The summed E-state index contributed by atoms with van der Waals surface area (Å²) in [6, 6.07) is 11.3. The van der Waals surface area contributed by atoms with E-state index in [0.29, 0.717) is 18.0 Å². The van der Waals surface area contributed by atoms with Crippen molar-refractivity contribution in [1.82, 2.24) is 9.78 Å². The van der Waals surface area contributed by atoms with Gasteiger partial charge in [0.05, 0.1) is 12.3 Å². The first-order valence-electron chi connectivity index (χ1n) is 6.00. The molecular weight excluding hydrogens is 240 g/mol. The Morgan fingerprint density at radius 1 is 1.42 bits per heavy atom. The van der Waals surface area contributed by atoms with Crippen LogP contribution < -0.4 is 0 Å². The van der Waals surface area contributed by atoms with Gasteiger partial charge in [0.1, 0.15) is 12.2 Å². The zero-order chi connectivity index (χ0) is 13.7. The van der Waals surface area contributed by atoms with Crippen LogP contribution in [0.15, 0.2) is 36.4 Å². The number of terminal acetylenes is 1. The average Bonchev–Trinajstić information content (AvgIpc) is 2.85. The fourth-order valence-electron chi connectivity index (χ4n) is 1.74. The smallest absolute Gasteiger partial charge is 0.356 e. The second-order valence-electron chi connectivity index (χ2n) is 3.86. The Bertz CT molecular complexity index is 609. The van der Waals surface area contributed by atoms with Crippen LogP contribution in [0.25, 0.3) is 11.3 Å². The molecule has 1 aromatic heterocycles. The van der Waals surface area contributed by atoms with Crippen molar-refractivity contribution < 1.29 is 9.53 Å². The normalized spacial score (nSPS) is 9.89. The van der Waals surface area contributed by atoms with Crippen molar-refractivity contribution in [3.05, 3.63) is 42.1 Å². The number of ether oxygens (including phenoxy) is 1. The number of hydrogen-bond acceptors (Lipinski definition) is 3. The summed E-state index contributed by atoms with van der Waals surface area (Å²) in [5.74, 6) is 2.07. The van der Waals surface area contributed by atoms with Gasteiger partial charge in [-0.3, -0.25) is 0 Å². The van der Waals surface area contributed by atoms with Crippen molar-refractivity contribution in [3.8, 4) is 23.6 Å². The number of carbonyl (C=O) groups is 1. The maximum atomic E-state index is 11.8. The van der Waals surface area contributed by atoms with Crippen molar-refractivity contribution in [2.45, 2.75) is 13.5 Å². The quantitative estimate of drug-likeness (QED) is 0.621. The third-order valence-corrected chi connectivity index (χ3v) is 2.58. The zero-order valence-corrected chi connectivity index (χ0v) is 10.7. The Kier molecular flexibility index (Phi) is 3.99. The molecule has 19 heavy (non-hydrogen) atoms. The molecule has 0 aliphatic rings. The van der Waals surface area contributed by atoms with Gasteiger partial charge < -0.3 is 4.74 Å². The van der Waals surface area contributed by atoms with Crippen molar-refractivity contribution in [1.29, 1.82) is 0 Å². The van der Waals surface area contributed by atoms with Crippen molar-refractivity contribution in [3.63, 3.8) is 0 Å². The number of hydrogen-bond donors (Lipinski definition) is 0. The molecule has 1 heterocycles. The fourth-order valence-corrected chi connectivity index (χ4v) is 1.74. The Morgan fingerprint density at radius 2 is 2.16 bits per heavy atom. The van der Waals surface area contributed by atoms with Gasteiger partial charge in [-0.25, -0.2) is 9.48 Å². The molecule has 96 valence electrons. The minimum atomic E-state index is -0.410. The molecular formula is C15H14N2O2. The maximum Gasteiger partial charge on any atom is 0.356 e. The highest BCUT2D eigenvalue weighted by Gasteiger charge is 2.16. The van der Waals surface area contributed by atoms with Crippen LogP contribution in [0.4, 0.5) is 0 Å². The third-order valence-electron chi connectivity index (χ3n) is 2.58. The van der Waals surface area contributed by atoms with E-state index < -0.39 is 5.97 Å². The molecule has 0 unspecified atom stereocenters. The molecule has 2 aromatic rings. The highest BCUT2D eigenvalue weighted by molar-refractivity contribution is 5.89. The van der Waals surface area contributed by atoms with Gasteiger partial charge in [0.25, 0.3) is 0 Å². The highest BCUT2D eigenvalue weighted by atomic mass is 16.5. The van der Waals surface area contributed by atoms with Crippen molar-refractivity contribution >= 4 is 5.97 Å². The summed E-state index contributed by atoms with van der Waals surface area (Å²) in [6.45, 7) is 2.32. The summed E-state index contributed by atoms with van der Waals surface area (Å²) in [5, 5.41) is 4.35. The van der Waals surface area contributed by atoms with Crippen LogP contribution in [-0.2, 0) is 11.3 Å². The molecule has 2 rings (SSSR count). The largest absolute Gasteiger partial charge is 0.461 e. The molecule has 0 radical (unpaired) electrons. The molecule has 4 heteroatoms. The number of aromatic nitrogens is 2. The van der Waals surface area contributed by atoms with Crippen LogP contribution in [0, 0.1) is 12.3 Å². The molecule has 4 nitrogen and oxygen atoms in total. The lowest BCUT2D eigenvalue weighted by molar-refractivity contribution is 0.0513. The Labute approximate surface area is 112 Å². The maximum absolute atomic E-state index is 11.8. The van der Waals surface area contributed by atoms with E-state index in [4.69, 9.17) is 11.2 Å². The van der Waals surface area contributed by atoms with Gasteiger partial charge in [-0.15, -0.1) is 6.42 Å². The Hall–Kier alpha value is -2.54. The fraction of sp³-hybridized carbons (Fsp3) is 0.200. The van der Waals surface area contributed by atoms with E-state index in [1.807, 2.05) is 30.3 Å². The van der Waals surface area contributed by atoms with E-state index in [9.17, 15) is 4.79 Å². The standard InChI is InChI=1S/C15H14N2O2/c1-3-10-17-14(15(18)19-4-2)11-13(16-17)12-8-6-5-7-9-12/h1,5-9,11H,4,10H2,2H3. The van der Waals surface area contributed by atoms with E-state index in [2.05, 4.69) is 11.0 Å².